The van der Waals surface area contributed by atoms with Gasteiger partial charge in [0.25, 0.3) is 0 Å². The maximum Gasteiger partial charge on any atom is 0.338 e. The Bertz CT molecular complexity index is 725. The molecular weight excluding hydrogens is 306 g/mol. The van der Waals surface area contributed by atoms with E-state index in [0.717, 1.165) is 18.0 Å². The summed E-state index contributed by atoms with van der Waals surface area (Å²) < 4.78 is 5.99. The number of nitrogens with zero attached hydrogens (tertiary/aromatic N) is 2. The number of carbonyl (C=O) groups is 1. The Morgan fingerprint density at radius 2 is 2.04 bits per heavy atom. The molecule has 1 aliphatic carbocycles. The summed E-state index contributed by atoms with van der Waals surface area (Å²) in [7, 11) is 0. The van der Waals surface area contributed by atoms with Crippen LogP contribution < -0.4 is 10.1 Å². The lowest BCUT2D eigenvalue weighted by Gasteiger charge is -2.16. The predicted molar refractivity (Wildman–Crippen MR) is 91.0 cm³/mol. The summed E-state index contributed by atoms with van der Waals surface area (Å²) in [5.74, 6) is 1.25. The van der Waals surface area contributed by atoms with E-state index in [1.165, 1.54) is 30.8 Å². The van der Waals surface area contributed by atoms with Gasteiger partial charge in [0.1, 0.15) is 5.75 Å². The molecule has 126 valence electrons. The van der Waals surface area contributed by atoms with Crippen LogP contribution in [-0.4, -0.2) is 27.7 Å². The molecule has 2 N–H and O–H groups in total. The zero-order valence-electron chi connectivity index (χ0n) is 13.8. The topological polar surface area (TPSA) is 84.3 Å². The van der Waals surface area contributed by atoms with Crippen molar-refractivity contribution in [2.24, 2.45) is 5.92 Å². The summed E-state index contributed by atoms with van der Waals surface area (Å²) in [5, 5.41) is 12.0. The van der Waals surface area contributed by atoms with Crippen molar-refractivity contribution in [1.29, 1.82) is 0 Å². The first-order valence-corrected chi connectivity index (χ1v) is 8.12. The van der Waals surface area contributed by atoms with Gasteiger partial charge >= 0.3 is 5.97 Å². The fourth-order valence-corrected chi connectivity index (χ4v) is 2.34. The molecule has 0 saturated heterocycles. The van der Waals surface area contributed by atoms with E-state index in [0.29, 0.717) is 17.8 Å². The van der Waals surface area contributed by atoms with Crippen molar-refractivity contribution >= 4 is 17.6 Å². The lowest BCUT2D eigenvalue weighted by molar-refractivity contribution is 0.0696. The molecule has 2 aromatic rings. The van der Waals surface area contributed by atoms with E-state index in [-0.39, 0.29) is 5.56 Å². The molecule has 0 bridgehead atoms. The highest BCUT2D eigenvalue weighted by atomic mass is 16.5. The summed E-state index contributed by atoms with van der Waals surface area (Å²) in [4.78, 5) is 18.9. The van der Waals surface area contributed by atoms with Gasteiger partial charge in [-0.3, -0.25) is 0 Å². The standard InChI is InChI=1S/C18H21N3O3/c1-11(2)15-6-5-14(7-16(15)24-10-12-3-4-12)21-18-19-8-13(9-20-18)17(22)23/h5-9,11-12H,3-4,10H2,1-2H3,(H,22,23)(H,19,20,21). The van der Waals surface area contributed by atoms with E-state index in [4.69, 9.17) is 9.84 Å². The molecule has 1 fully saturated rings. The largest absolute Gasteiger partial charge is 0.493 e. The van der Waals surface area contributed by atoms with Gasteiger partial charge in [0.05, 0.1) is 12.2 Å². The molecular formula is C18H21N3O3. The summed E-state index contributed by atoms with van der Waals surface area (Å²) in [6.45, 7) is 5.04. The number of rotatable bonds is 7. The Balaban J connectivity index is 1.76. The third-order valence-electron chi connectivity index (χ3n) is 3.96. The SMILES string of the molecule is CC(C)c1ccc(Nc2ncc(C(=O)O)cn2)cc1OCC1CC1. The summed E-state index contributed by atoms with van der Waals surface area (Å²) in [6, 6.07) is 5.95. The number of hydrogen-bond acceptors (Lipinski definition) is 5. The van der Waals surface area contributed by atoms with E-state index in [1.54, 1.807) is 0 Å². The molecule has 0 atom stereocenters. The second kappa shape index (κ2) is 6.86. The first-order chi connectivity index (χ1) is 11.5. The Morgan fingerprint density at radius 1 is 1.33 bits per heavy atom. The Hall–Kier alpha value is -2.63. The molecule has 1 aromatic heterocycles. The quantitative estimate of drug-likeness (QED) is 0.804. The molecule has 3 rings (SSSR count). The van der Waals surface area contributed by atoms with Crippen molar-refractivity contribution in [2.75, 3.05) is 11.9 Å². The van der Waals surface area contributed by atoms with Crippen LogP contribution in [0.3, 0.4) is 0 Å². The van der Waals surface area contributed by atoms with Crippen molar-refractivity contribution in [3.63, 3.8) is 0 Å². The molecule has 0 radical (unpaired) electrons. The van der Waals surface area contributed by atoms with E-state index < -0.39 is 5.97 Å². The highest BCUT2D eigenvalue weighted by molar-refractivity contribution is 5.86. The molecule has 6 heteroatoms. The van der Waals surface area contributed by atoms with Crippen LogP contribution in [0.25, 0.3) is 0 Å². The van der Waals surface area contributed by atoms with E-state index in [9.17, 15) is 4.79 Å². The van der Waals surface area contributed by atoms with Gasteiger partial charge in [-0.15, -0.1) is 0 Å². The van der Waals surface area contributed by atoms with Gasteiger partial charge in [-0.2, -0.15) is 0 Å². The average Bonchev–Trinajstić information content (AvgIpc) is 3.37. The van der Waals surface area contributed by atoms with Crippen molar-refractivity contribution in [3.8, 4) is 5.75 Å². The van der Waals surface area contributed by atoms with Gasteiger partial charge in [0.15, 0.2) is 0 Å². The fourth-order valence-electron chi connectivity index (χ4n) is 2.34. The number of benzene rings is 1. The van der Waals surface area contributed by atoms with Crippen LogP contribution in [0, 0.1) is 5.92 Å². The molecule has 0 unspecified atom stereocenters. The monoisotopic (exact) mass is 327 g/mol. The van der Waals surface area contributed by atoms with Crippen LogP contribution >= 0.6 is 0 Å². The maximum absolute atomic E-state index is 10.8. The van der Waals surface area contributed by atoms with Crippen molar-refractivity contribution in [3.05, 3.63) is 41.7 Å². The molecule has 6 nitrogen and oxygen atoms in total. The zero-order chi connectivity index (χ0) is 17.1. The first-order valence-electron chi connectivity index (χ1n) is 8.12. The summed E-state index contributed by atoms with van der Waals surface area (Å²) in [5.41, 5.74) is 2.04. The minimum absolute atomic E-state index is 0.0594. The number of carboxylic acid groups (broad SMARTS) is 1. The number of aromatic carboxylic acids is 1. The van der Waals surface area contributed by atoms with Gasteiger partial charge in [-0.25, -0.2) is 14.8 Å². The highest BCUT2D eigenvalue weighted by Gasteiger charge is 2.22. The summed E-state index contributed by atoms with van der Waals surface area (Å²) >= 11 is 0. The summed E-state index contributed by atoms with van der Waals surface area (Å²) in [6.07, 6.45) is 5.06. The van der Waals surface area contributed by atoms with Crippen molar-refractivity contribution in [1.82, 2.24) is 9.97 Å². The number of ether oxygens (including phenoxy) is 1. The second-order valence-electron chi connectivity index (χ2n) is 6.39. The molecule has 0 aliphatic heterocycles. The molecule has 1 saturated carbocycles. The van der Waals surface area contributed by atoms with Gasteiger partial charge in [-0.1, -0.05) is 19.9 Å². The van der Waals surface area contributed by atoms with E-state index >= 15 is 0 Å². The van der Waals surface area contributed by atoms with Crippen molar-refractivity contribution < 1.29 is 14.6 Å². The number of aromatic nitrogens is 2. The number of anilines is 2. The number of hydrogen-bond donors (Lipinski definition) is 2. The van der Waals surface area contributed by atoms with Crippen LogP contribution in [0.5, 0.6) is 5.75 Å². The molecule has 0 amide bonds. The van der Waals surface area contributed by atoms with Crippen molar-refractivity contribution in [2.45, 2.75) is 32.6 Å². The van der Waals surface area contributed by atoms with Gasteiger partial charge < -0.3 is 15.2 Å². The molecule has 1 aromatic carbocycles. The van der Waals surface area contributed by atoms with Crippen LogP contribution in [0.4, 0.5) is 11.6 Å². The molecule has 1 heterocycles. The van der Waals surface area contributed by atoms with Crippen LogP contribution in [-0.2, 0) is 0 Å². The maximum atomic E-state index is 10.8. The Kier molecular flexibility index (Phi) is 4.64. The van der Waals surface area contributed by atoms with Crippen LogP contribution in [0.15, 0.2) is 30.6 Å². The van der Waals surface area contributed by atoms with E-state index in [1.807, 2.05) is 18.2 Å². The minimum atomic E-state index is -1.04. The van der Waals surface area contributed by atoms with Crippen LogP contribution in [0.2, 0.25) is 0 Å². The Labute approximate surface area is 140 Å². The smallest absolute Gasteiger partial charge is 0.338 e. The zero-order valence-corrected chi connectivity index (χ0v) is 13.8. The van der Waals surface area contributed by atoms with E-state index in [2.05, 4.69) is 29.1 Å². The van der Waals surface area contributed by atoms with Gasteiger partial charge in [0, 0.05) is 24.1 Å². The first kappa shape index (κ1) is 16.2. The molecule has 0 spiro atoms. The normalized spacial score (nSPS) is 13.8. The number of nitrogens with one attached hydrogen (secondary N) is 1. The lowest BCUT2D eigenvalue weighted by atomic mass is 10.0. The number of carboxylic acids is 1. The average molecular weight is 327 g/mol. The molecule has 24 heavy (non-hydrogen) atoms. The lowest BCUT2D eigenvalue weighted by Crippen LogP contribution is -2.05. The van der Waals surface area contributed by atoms with Gasteiger partial charge in [0.2, 0.25) is 5.95 Å². The Morgan fingerprint density at radius 3 is 2.62 bits per heavy atom. The minimum Gasteiger partial charge on any atom is -0.493 e. The second-order valence-corrected chi connectivity index (χ2v) is 6.39. The predicted octanol–water partition coefficient (Wildman–Crippen LogP) is 3.83. The third kappa shape index (κ3) is 4.01. The van der Waals surface area contributed by atoms with Gasteiger partial charge in [-0.05, 0) is 36.3 Å². The van der Waals surface area contributed by atoms with Crippen LogP contribution in [0.1, 0.15) is 48.5 Å². The molecule has 1 aliphatic rings. The highest BCUT2D eigenvalue weighted by Crippen LogP contribution is 2.34. The third-order valence-corrected chi connectivity index (χ3v) is 3.96. The fraction of sp³-hybridized carbons (Fsp3) is 0.389.